The van der Waals surface area contributed by atoms with E-state index < -0.39 is 0 Å². The minimum atomic E-state index is -0.362. The predicted molar refractivity (Wildman–Crippen MR) is 67.3 cm³/mol. The topological polar surface area (TPSA) is 68.1 Å². The molecule has 88 valence electrons. The molecule has 1 aromatic heterocycles. The van der Waals surface area contributed by atoms with E-state index in [9.17, 15) is 10.1 Å². The number of para-hydroxylation sites is 1. The lowest BCUT2D eigenvalue weighted by molar-refractivity contribution is -0.384. The number of thiazole rings is 1. The predicted octanol–water partition coefficient (Wildman–Crippen LogP) is 2.97. The standard InChI is InChI=1S/C11H11N3O2S/c1-8-3-2-4-10(11(8)14(15)16)12-5-9-6-17-7-13-9/h2-4,6-7,12H,5H2,1H3. The normalized spacial score (nSPS) is 10.2. The second-order valence-corrected chi connectivity index (χ2v) is 4.28. The molecule has 0 bridgehead atoms. The van der Waals surface area contributed by atoms with Crippen LogP contribution in [0.3, 0.4) is 0 Å². The Bertz CT molecular complexity index is 526. The summed E-state index contributed by atoms with van der Waals surface area (Å²) in [6, 6.07) is 5.23. The van der Waals surface area contributed by atoms with Crippen molar-refractivity contribution in [1.29, 1.82) is 0 Å². The molecule has 0 aliphatic heterocycles. The summed E-state index contributed by atoms with van der Waals surface area (Å²) in [4.78, 5) is 14.7. The van der Waals surface area contributed by atoms with Crippen molar-refractivity contribution in [3.05, 3.63) is 50.5 Å². The highest BCUT2D eigenvalue weighted by Crippen LogP contribution is 2.28. The molecule has 1 N–H and O–H groups in total. The maximum Gasteiger partial charge on any atom is 0.295 e. The van der Waals surface area contributed by atoms with Crippen molar-refractivity contribution in [1.82, 2.24) is 4.98 Å². The molecule has 0 fully saturated rings. The summed E-state index contributed by atoms with van der Waals surface area (Å²) in [5, 5.41) is 15.9. The largest absolute Gasteiger partial charge is 0.374 e. The van der Waals surface area contributed by atoms with E-state index in [1.807, 2.05) is 5.38 Å². The zero-order valence-electron chi connectivity index (χ0n) is 9.21. The van der Waals surface area contributed by atoms with Gasteiger partial charge in [0.15, 0.2) is 0 Å². The maximum absolute atomic E-state index is 11.0. The Balaban J connectivity index is 2.21. The van der Waals surface area contributed by atoms with Crippen molar-refractivity contribution in [2.75, 3.05) is 5.32 Å². The average molecular weight is 249 g/mol. The summed E-state index contributed by atoms with van der Waals surface area (Å²) in [5.74, 6) is 0. The highest BCUT2D eigenvalue weighted by atomic mass is 32.1. The van der Waals surface area contributed by atoms with Gasteiger partial charge >= 0.3 is 0 Å². The van der Waals surface area contributed by atoms with Crippen molar-refractivity contribution in [3.8, 4) is 0 Å². The number of aromatic nitrogens is 1. The molecule has 0 unspecified atom stereocenters. The molecule has 0 aliphatic carbocycles. The van der Waals surface area contributed by atoms with Crippen LogP contribution in [0.15, 0.2) is 29.1 Å². The van der Waals surface area contributed by atoms with E-state index in [4.69, 9.17) is 0 Å². The molecule has 0 radical (unpaired) electrons. The lowest BCUT2D eigenvalue weighted by Gasteiger charge is -2.06. The van der Waals surface area contributed by atoms with Gasteiger partial charge in [-0.15, -0.1) is 11.3 Å². The van der Waals surface area contributed by atoms with Crippen LogP contribution < -0.4 is 5.32 Å². The molecule has 1 aromatic carbocycles. The van der Waals surface area contributed by atoms with Crippen molar-refractivity contribution < 1.29 is 4.92 Å². The zero-order chi connectivity index (χ0) is 12.3. The second-order valence-electron chi connectivity index (χ2n) is 3.56. The first-order valence-electron chi connectivity index (χ1n) is 5.03. The van der Waals surface area contributed by atoms with E-state index >= 15 is 0 Å². The summed E-state index contributed by atoms with van der Waals surface area (Å²) < 4.78 is 0. The third kappa shape index (κ3) is 2.59. The van der Waals surface area contributed by atoms with E-state index in [0.29, 0.717) is 17.8 Å². The number of anilines is 1. The van der Waals surface area contributed by atoms with E-state index in [-0.39, 0.29) is 10.6 Å². The third-order valence-corrected chi connectivity index (χ3v) is 3.00. The first-order chi connectivity index (χ1) is 8.18. The van der Waals surface area contributed by atoms with Crippen molar-refractivity contribution in [2.24, 2.45) is 0 Å². The van der Waals surface area contributed by atoms with Gasteiger partial charge in [-0.2, -0.15) is 0 Å². The summed E-state index contributed by atoms with van der Waals surface area (Å²) >= 11 is 1.50. The maximum atomic E-state index is 11.0. The fourth-order valence-corrected chi connectivity index (χ4v) is 2.11. The molecule has 2 aromatic rings. The van der Waals surface area contributed by atoms with Gasteiger partial charge < -0.3 is 5.32 Å². The van der Waals surface area contributed by atoms with Gasteiger partial charge in [-0.05, 0) is 13.0 Å². The number of nitro benzene ring substituents is 1. The van der Waals surface area contributed by atoms with Crippen molar-refractivity contribution in [2.45, 2.75) is 13.5 Å². The van der Waals surface area contributed by atoms with Crippen LogP contribution in [0.4, 0.5) is 11.4 Å². The molecule has 0 amide bonds. The lowest BCUT2D eigenvalue weighted by atomic mass is 10.1. The minimum Gasteiger partial charge on any atom is -0.374 e. The third-order valence-electron chi connectivity index (χ3n) is 2.36. The number of nitro groups is 1. The molecule has 0 spiro atoms. The van der Waals surface area contributed by atoms with Gasteiger partial charge in [-0.1, -0.05) is 12.1 Å². The van der Waals surface area contributed by atoms with Crippen LogP contribution in [0.1, 0.15) is 11.3 Å². The molecule has 0 saturated heterocycles. The fourth-order valence-electron chi connectivity index (χ4n) is 1.55. The Hall–Kier alpha value is -1.95. The number of hydrogen-bond acceptors (Lipinski definition) is 5. The summed E-state index contributed by atoms with van der Waals surface area (Å²) in [6.45, 7) is 2.22. The van der Waals surface area contributed by atoms with Gasteiger partial charge in [-0.25, -0.2) is 4.98 Å². The molecule has 0 saturated carbocycles. The first kappa shape index (κ1) is 11.5. The van der Waals surface area contributed by atoms with Gasteiger partial charge in [-0.3, -0.25) is 10.1 Å². The number of nitrogens with zero attached hydrogens (tertiary/aromatic N) is 2. The van der Waals surface area contributed by atoms with Crippen LogP contribution in [-0.2, 0) is 6.54 Å². The van der Waals surface area contributed by atoms with Crippen LogP contribution in [-0.4, -0.2) is 9.91 Å². The second kappa shape index (κ2) is 4.92. The highest BCUT2D eigenvalue weighted by molar-refractivity contribution is 7.07. The van der Waals surface area contributed by atoms with Gasteiger partial charge in [0.1, 0.15) is 5.69 Å². The van der Waals surface area contributed by atoms with Gasteiger partial charge in [0.25, 0.3) is 5.69 Å². The molecular weight excluding hydrogens is 238 g/mol. The minimum absolute atomic E-state index is 0.128. The first-order valence-corrected chi connectivity index (χ1v) is 5.97. The van der Waals surface area contributed by atoms with Crippen LogP contribution in [0.25, 0.3) is 0 Å². The average Bonchev–Trinajstić information content (AvgIpc) is 2.78. The summed E-state index contributed by atoms with van der Waals surface area (Å²) in [7, 11) is 0. The summed E-state index contributed by atoms with van der Waals surface area (Å²) in [6.07, 6.45) is 0. The Morgan fingerprint density at radius 3 is 3.00 bits per heavy atom. The Labute approximate surface area is 102 Å². The van der Waals surface area contributed by atoms with Gasteiger partial charge in [0.2, 0.25) is 0 Å². The van der Waals surface area contributed by atoms with Crippen LogP contribution in [0.2, 0.25) is 0 Å². The molecule has 0 aliphatic rings. The monoisotopic (exact) mass is 249 g/mol. The molecular formula is C11H11N3O2S. The number of nitrogens with one attached hydrogen (secondary N) is 1. The molecule has 1 heterocycles. The van der Waals surface area contributed by atoms with Gasteiger partial charge in [0, 0.05) is 10.9 Å². The number of aryl methyl sites for hydroxylation is 1. The quantitative estimate of drug-likeness (QED) is 0.668. The van der Waals surface area contributed by atoms with Crippen molar-refractivity contribution >= 4 is 22.7 Å². The van der Waals surface area contributed by atoms with Crippen LogP contribution in [0.5, 0.6) is 0 Å². The van der Waals surface area contributed by atoms with Crippen molar-refractivity contribution in [3.63, 3.8) is 0 Å². The molecule has 17 heavy (non-hydrogen) atoms. The Morgan fingerprint density at radius 1 is 1.53 bits per heavy atom. The smallest absolute Gasteiger partial charge is 0.295 e. The molecule has 6 heteroatoms. The molecule has 2 rings (SSSR count). The fraction of sp³-hybridized carbons (Fsp3) is 0.182. The number of benzene rings is 1. The van der Waals surface area contributed by atoms with E-state index in [2.05, 4.69) is 10.3 Å². The number of hydrogen-bond donors (Lipinski definition) is 1. The molecule has 5 nitrogen and oxygen atoms in total. The Morgan fingerprint density at radius 2 is 2.35 bits per heavy atom. The van der Waals surface area contributed by atoms with Gasteiger partial charge in [0.05, 0.1) is 22.7 Å². The van der Waals surface area contributed by atoms with Crippen LogP contribution in [0, 0.1) is 17.0 Å². The van der Waals surface area contributed by atoms with Crippen LogP contribution >= 0.6 is 11.3 Å². The molecule has 0 atom stereocenters. The van der Waals surface area contributed by atoms with E-state index in [0.717, 1.165) is 5.69 Å². The Kier molecular flexibility index (Phi) is 3.34. The number of rotatable bonds is 4. The zero-order valence-corrected chi connectivity index (χ0v) is 10.0. The lowest BCUT2D eigenvalue weighted by Crippen LogP contribution is -2.03. The SMILES string of the molecule is Cc1cccc(NCc2cscn2)c1[N+](=O)[O-]. The van der Waals surface area contributed by atoms with E-state index in [1.165, 1.54) is 11.3 Å². The highest BCUT2D eigenvalue weighted by Gasteiger charge is 2.16. The summed E-state index contributed by atoms with van der Waals surface area (Å²) in [5.41, 5.74) is 3.93. The van der Waals surface area contributed by atoms with E-state index in [1.54, 1.807) is 30.6 Å².